The maximum absolute atomic E-state index is 10.8. The van der Waals surface area contributed by atoms with Crippen LogP contribution < -0.4 is 14.8 Å². The third kappa shape index (κ3) is 7.31. The van der Waals surface area contributed by atoms with Crippen LogP contribution in [0, 0.1) is 0 Å². The number of carboxylic acid groups (broad SMARTS) is 1. The molecule has 0 bridgehead atoms. The van der Waals surface area contributed by atoms with Crippen LogP contribution in [0.4, 0.5) is 4.79 Å². The summed E-state index contributed by atoms with van der Waals surface area (Å²) in [6, 6.07) is 0. The summed E-state index contributed by atoms with van der Waals surface area (Å²) in [5.41, 5.74) is 0. The minimum Gasteiger partial charge on any atom is -0.464 e. The molecule has 0 fully saturated rings. The van der Waals surface area contributed by atoms with Crippen molar-refractivity contribution in [1.82, 2.24) is 14.8 Å². The first-order valence-corrected chi connectivity index (χ1v) is 5.06. The smallest absolute Gasteiger partial charge is 0.419 e. The Balaban J connectivity index is 3.78. The molecule has 0 saturated carbocycles. The van der Waals surface area contributed by atoms with Crippen molar-refractivity contribution in [1.29, 1.82) is 0 Å². The summed E-state index contributed by atoms with van der Waals surface area (Å²) >= 11 is 0. The number of rotatable bonds is 5. The lowest BCUT2D eigenvalue weighted by atomic mass is 10.6. The van der Waals surface area contributed by atoms with E-state index >= 15 is 0 Å². The molecule has 0 aliphatic heterocycles. The lowest BCUT2D eigenvalue weighted by molar-refractivity contribution is -0.118. The van der Waals surface area contributed by atoms with Gasteiger partial charge in [0.1, 0.15) is 0 Å². The molecule has 4 N–H and O–H groups in total. The average Bonchev–Trinajstić information content (AvgIpc) is 1.95. The van der Waals surface area contributed by atoms with E-state index in [2.05, 4.69) is 5.32 Å². The Labute approximate surface area is 80.9 Å². The normalized spacial score (nSPS) is 10.6. The summed E-state index contributed by atoms with van der Waals surface area (Å²) in [6.45, 7) is 1.29. The predicted molar refractivity (Wildman–Crippen MR) is 46.8 cm³/mol. The summed E-state index contributed by atoms with van der Waals surface area (Å²) in [6.07, 6.45) is -1.67. The van der Waals surface area contributed by atoms with E-state index in [0.717, 1.165) is 0 Å². The second kappa shape index (κ2) is 5.40. The molecule has 0 aromatic carbocycles. The lowest BCUT2D eigenvalue weighted by Gasteiger charge is -2.05. The van der Waals surface area contributed by atoms with Gasteiger partial charge in [0.25, 0.3) is 0 Å². The number of nitrogens with one attached hydrogen (secondary N) is 3. The van der Waals surface area contributed by atoms with E-state index in [1.807, 2.05) is 4.72 Å². The van der Waals surface area contributed by atoms with Gasteiger partial charge in [-0.05, 0) is 0 Å². The lowest BCUT2D eigenvalue weighted by Crippen LogP contribution is -2.42. The van der Waals surface area contributed by atoms with Crippen molar-refractivity contribution in [2.24, 2.45) is 0 Å². The zero-order valence-electron chi connectivity index (χ0n) is 7.40. The van der Waals surface area contributed by atoms with Crippen LogP contribution >= 0.6 is 0 Å². The number of hydrogen-bond donors (Lipinski definition) is 4. The molecular formula is C5H11N3O5S. The molecule has 14 heavy (non-hydrogen) atoms. The molecule has 8 nitrogen and oxygen atoms in total. The first-order valence-electron chi connectivity index (χ1n) is 3.58. The highest BCUT2D eigenvalue weighted by atomic mass is 32.2. The monoisotopic (exact) mass is 225 g/mol. The molecular weight excluding hydrogens is 214 g/mol. The Hall–Kier alpha value is -1.35. The van der Waals surface area contributed by atoms with Crippen LogP contribution in [0.15, 0.2) is 0 Å². The Morgan fingerprint density at radius 2 is 1.86 bits per heavy atom. The SMILES string of the molecule is CC(=O)NCCNS(=O)(=O)NC(=O)O. The first-order chi connectivity index (χ1) is 6.33. The van der Waals surface area contributed by atoms with E-state index in [1.54, 1.807) is 0 Å². The van der Waals surface area contributed by atoms with Crippen LogP contribution in [0.2, 0.25) is 0 Å². The molecule has 0 aromatic rings. The molecule has 0 radical (unpaired) electrons. The summed E-state index contributed by atoms with van der Waals surface area (Å²) in [5, 5.41) is 10.4. The maximum Gasteiger partial charge on any atom is 0.419 e. The van der Waals surface area contributed by atoms with Gasteiger partial charge in [0, 0.05) is 20.0 Å². The molecule has 0 aromatic heterocycles. The fourth-order valence-corrected chi connectivity index (χ4v) is 1.25. The van der Waals surface area contributed by atoms with Crippen LogP contribution in [0.1, 0.15) is 6.92 Å². The Morgan fingerprint density at radius 3 is 2.29 bits per heavy atom. The highest BCUT2D eigenvalue weighted by Gasteiger charge is 2.11. The summed E-state index contributed by atoms with van der Waals surface area (Å²) in [5.74, 6) is -0.296. The summed E-state index contributed by atoms with van der Waals surface area (Å²) in [7, 11) is -4.03. The molecule has 0 aliphatic rings. The van der Waals surface area contributed by atoms with Crippen molar-refractivity contribution in [3.05, 3.63) is 0 Å². The molecule has 82 valence electrons. The minimum atomic E-state index is -4.03. The molecule has 0 aliphatic carbocycles. The van der Waals surface area contributed by atoms with Crippen LogP contribution in [-0.2, 0) is 15.0 Å². The van der Waals surface area contributed by atoms with Gasteiger partial charge in [0.15, 0.2) is 0 Å². The number of carbonyl (C=O) groups excluding carboxylic acids is 1. The Kier molecular flexibility index (Phi) is 4.87. The fourth-order valence-electron chi connectivity index (χ4n) is 0.575. The van der Waals surface area contributed by atoms with Gasteiger partial charge in [-0.15, -0.1) is 0 Å². The molecule has 2 amide bonds. The number of carbonyl (C=O) groups is 2. The van der Waals surface area contributed by atoms with Crippen LogP contribution in [-0.4, -0.2) is 38.6 Å². The highest BCUT2D eigenvalue weighted by molar-refractivity contribution is 7.88. The van der Waals surface area contributed by atoms with E-state index in [-0.39, 0.29) is 19.0 Å². The van der Waals surface area contributed by atoms with Crippen LogP contribution in [0.3, 0.4) is 0 Å². The van der Waals surface area contributed by atoms with E-state index in [9.17, 15) is 18.0 Å². The van der Waals surface area contributed by atoms with Gasteiger partial charge in [0.05, 0.1) is 0 Å². The summed E-state index contributed by atoms with van der Waals surface area (Å²) < 4.78 is 24.7. The molecule has 0 spiro atoms. The van der Waals surface area contributed by atoms with Gasteiger partial charge in [-0.1, -0.05) is 0 Å². The van der Waals surface area contributed by atoms with Crippen molar-refractivity contribution in [2.75, 3.05) is 13.1 Å². The Morgan fingerprint density at radius 1 is 1.29 bits per heavy atom. The minimum absolute atomic E-state index is 0.0812. The van der Waals surface area contributed by atoms with Gasteiger partial charge in [-0.25, -0.2) is 9.52 Å². The fraction of sp³-hybridized carbons (Fsp3) is 0.600. The Bertz CT molecular complexity index is 311. The first kappa shape index (κ1) is 12.7. The van der Waals surface area contributed by atoms with Crippen LogP contribution in [0.5, 0.6) is 0 Å². The van der Waals surface area contributed by atoms with E-state index in [0.29, 0.717) is 0 Å². The highest BCUT2D eigenvalue weighted by Crippen LogP contribution is 1.75. The van der Waals surface area contributed by atoms with Crippen molar-refractivity contribution in [3.63, 3.8) is 0 Å². The third-order valence-corrected chi connectivity index (χ3v) is 2.04. The molecule has 0 unspecified atom stereocenters. The van der Waals surface area contributed by atoms with Crippen molar-refractivity contribution in [2.45, 2.75) is 6.92 Å². The summed E-state index contributed by atoms with van der Waals surface area (Å²) in [4.78, 5) is 20.3. The topological polar surface area (TPSA) is 125 Å². The zero-order valence-corrected chi connectivity index (χ0v) is 8.22. The number of hydrogen-bond acceptors (Lipinski definition) is 4. The third-order valence-electron chi connectivity index (χ3n) is 1.01. The number of amides is 2. The van der Waals surface area contributed by atoms with Gasteiger partial charge in [0.2, 0.25) is 5.91 Å². The quantitative estimate of drug-likeness (QED) is 0.412. The second-order valence-electron chi connectivity index (χ2n) is 2.29. The molecule has 0 saturated heterocycles. The van der Waals surface area contributed by atoms with Gasteiger partial charge in [-0.3, -0.25) is 4.79 Å². The van der Waals surface area contributed by atoms with Crippen molar-refractivity contribution >= 4 is 22.2 Å². The van der Waals surface area contributed by atoms with Gasteiger partial charge in [-0.2, -0.15) is 13.1 Å². The molecule has 0 atom stereocenters. The molecule has 0 rings (SSSR count). The standard InChI is InChI=1S/C5H11N3O5S/c1-4(9)6-2-3-7-14(12,13)8-5(10)11/h7-8H,2-3H2,1H3,(H,6,9)(H,10,11). The maximum atomic E-state index is 10.8. The largest absolute Gasteiger partial charge is 0.464 e. The van der Waals surface area contributed by atoms with Gasteiger partial charge >= 0.3 is 16.3 Å². The van der Waals surface area contributed by atoms with E-state index in [4.69, 9.17) is 5.11 Å². The van der Waals surface area contributed by atoms with E-state index in [1.165, 1.54) is 11.6 Å². The predicted octanol–water partition coefficient (Wildman–Crippen LogP) is -1.78. The zero-order chi connectivity index (χ0) is 11.2. The average molecular weight is 225 g/mol. The van der Waals surface area contributed by atoms with Gasteiger partial charge < -0.3 is 10.4 Å². The van der Waals surface area contributed by atoms with Crippen molar-refractivity contribution in [3.8, 4) is 0 Å². The van der Waals surface area contributed by atoms with Crippen LogP contribution in [0.25, 0.3) is 0 Å². The molecule has 9 heteroatoms. The van der Waals surface area contributed by atoms with E-state index < -0.39 is 16.3 Å². The molecule has 0 heterocycles. The second-order valence-corrected chi connectivity index (χ2v) is 3.79. The van der Waals surface area contributed by atoms with Crippen molar-refractivity contribution < 1.29 is 23.1 Å².